The number of H-pyrrole nitrogens is 2. The summed E-state index contributed by atoms with van der Waals surface area (Å²) in [6.45, 7) is -0.343. The number of nitrogens with zero attached hydrogens (tertiary/aromatic N) is 7. The largest absolute Gasteiger partial charge is 1.00 e. The summed E-state index contributed by atoms with van der Waals surface area (Å²) in [5.74, 6) is -3.73. The van der Waals surface area contributed by atoms with E-state index in [1.54, 1.807) is 31.2 Å². The third-order valence-corrected chi connectivity index (χ3v) is 16.4. The fourth-order valence-corrected chi connectivity index (χ4v) is 11.1. The van der Waals surface area contributed by atoms with Crippen molar-refractivity contribution in [3.05, 3.63) is 95.7 Å². The minimum Gasteiger partial charge on any atom is -0.870 e. The minimum absolute atomic E-state index is 0. The molecule has 0 amide bonds. The number of anilines is 1. The molecule has 0 unspecified atom stereocenters. The van der Waals surface area contributed by atoms with Crippen molar-refractivity contribution in [3.8, 4) is 5.75 Å². The quantitative estimate of drug-likeness (QED) is 0.0181. The summed E-state index contributed by atoms with van der Waals surface area (Å²) in [5, 5.41) is 25.9. The second kappa shape index (κ2) is 30.7. The van der Waals surface area contributed by atoms with E-state index in [0.717, 1.165) is 30.3 Å². The van der Waals surface area contributed by atoms with Crippen LogP contribution in [0.3, 0.4) is 0 Å². The predicted molar refractivity (Wildman–Crippen MR) is 249 cm³/mol. The molecule has 81 heavy (non-hydrogen) atoms. The Kier molecular flexibility index (Phi) is 29.2. The number of nitrogens with one attached hydrogen (secondary N) is 2. The van der Waals surface area contributed by atoms with Crippen LogP contribution in [0, 0.1) is 0 Å². The molecule has 1 aromatic heterocycles. The first kappa shape index (κ1) is 77.2. The zero-order valence-corrected chi connectivity index (χ0v) is 58.3. The molecular weight excluding hydrogens is 1280 g/mol. The van der Waals surface area contributed by atoms with E-state index in [9.17, 15) is 82.2 Å². The van der Waals surface area contributed by atoms with E-state index in [2.05, 4.69) is 53.8 Å². The molecule has 5 N–H and O–H groups in total. The van der Waals surface area contributed by atoms with Crippen LogP contribution in [0.25, 0.3) is 10.8 Å². The molecule has 0 radical (unpaired) electrons. The van der Waals surface area contributed by atoms with Gasteiger partial charge in [0.15, 0.2) is 9.84 Å². The maximum Gasteiger partial charge on any atom is 1.00 e. The van der Waals surface area contributed by atoms with Gasteiger partial charge in [0.05, 0.1) is 72.7 Å². The molecule has 0 atom stereocenters. The molecule has 44 heteroatoms. The summed E-state index contributed by atoms with van der Waals surface area (Å²) in [6.07, 6.45) is 0.441. The Morgan fingerprint density at radius 2 is 1.12 bits per heavy atom. The number of aromatic nitrogens is 3. The molecule has 0 bridgehead atoms. The summed E-state index contributed by atoms with van der Waals surface area (Å²) in [5.41, 5.74) is 0.819. The molecule has 0 spiro atoms. The second-order valence-electron chi connectivity index (χ2n) is 14.9. The number of aryl methyl sites for hydroxylation is 1. The van der Waals surface area contributed by atoms with Gasteiger partial charge in [0.25, 0.3) is 0 Å². The number of nitrogen functional groups attached to an aromatic ring is 1. The standard InChI is InChI=1S/C37H36N10O22S7.5Na/c1-2-20-5-3-4-6-25(20)40-36-41-35(42-37(43-36)71(51,52)16-14-69-76(65,66)67)39-23-9-12-27(72(53,54)55)26(19-23)45-47-33-29(74(59,60)61)18-21-17-28(73(56,57)58)32(31(38)30(21)34(33)48)46-44-22-7-10-24(11-8-22)70(49,50)15-13-68-75(62,63)64;;;;;/h3-12,17-19,48H,2,13-16,38H2,1H3,(H,53,54,55)(H,56,57,58)(H,59,60,61)(H,62,63,64)(H,65,66,67)(H2,39,40,41,42,43);;;;;/q;5*+1/p-5. The number of hydrogen-bond donors (Lipinski definition) is 4. The summed E-state index contributed by atoms with van der Waals surface area (Å²) < 4.78 is 235. The van der Waals surface area contributed by atoms with E-state index in [-0.39, 0.29) is 159 Å². The van der Waals surface area contributed by atoms with Crippen LogP contribution >= 0.6 is 0 Å². The fraction of sp³-hybridized carbons (Fsp3) is 0.162. The van der Waals surface area contributed by atoms with E-state index in [0.29, 0.717) is 41.9 Å². The molecule has 6 aromatic rings. The molecule has 6 rings (SSSR count). The molecule has 0 aliphatic heterocycles. The molecule has 0 fully saturated rings. The van der Waals surface area contributed by atoms with Crippen LogP contribution in [-0.4, -0.2) is 121 Å². The monoisotopic (exact) mass is 1310 g/mol. The number of rotatable bonds is 20. The number of nitrogens with two attached hydrogens (primary N) is 1. The Hall–Kier alpha value is -1.86. The Labute approximate surface area is 571 Å². The van der Waals surface area contributed by atoms with Gasteiger partial charge in [0.1, 0.15) is 41.7 Å². The van der Waals surface area contributed by atoms with Crippen molar-refractivity contribution in [1.82, 2.24) is 15.0 Å². The molecule has 1 heterocycles. The van der Waals surface area contributed by atoms with Crippen molar-refractivity contribution in [2.75, 3.05) is 30.5 Å². The summed E-state index contributed by atoms with van der Waals surface area (Å²) >= 11 is 0. The molecule has 408 valence electrons. The Morgan fingerprint density at radius 1 is 0.593 bits per heavy atom. The van der Waals surface area contributed by atoms with Crippen molar-refractivity contribution < 1.29 is 243 Å². The SMILES string of the molecule is CCc1ccccc1N=c1[nH]c(S(=O)(=O)CCOS(=O)(=O)O)nc(=Nc2ccc(S(=O)(=O)[O-])c(N=Nc3c(S(=O)(=O)[O-])cc4cc(S(=O)(=O)[O-])c(N=Nc5ccc(S(=O)(=O)CCOS(=O)(=O)[O-])cc5)c(N)c4c3[O-])c2)[nH]1.[Na+].[Na+].[Na+].[Na+].[Na+]. The Balaban J connectivity index is 0.00000656. The number of aromatic amines is 2. The first-order valence-corrected chi connectivity index (χ1v) is 30.4. The molecule has 5 aromatic carbocycles. The zero-order chi connectivity index (χ0) is 56.4. The number of para-hydroxylation sites is 1. The van der Waals surface area contributed by atoms with E-state index in [1.807, 2.05) is 0 Å². The van der Waals surface area contributed by atoms with Crippen LogP contribution < -0.4 is 170 Å². The van der Waals surface area contributed by atoms with E-state index < -0.39 is 171 Å². The fourth-order valence-electron chi connectivity index (χ4n) is 6.39. The maximum atomic E-state index is 14.1. The molecule has 32 nitrogen and oxygen atoms in total. The first-order valence-electron chi connectivity index (χ1n) is 20.2. The molecule has 0 aliphatic rings. The van der Waals surface area contributed by atoms with Gasteiger partial charge in [-0.3, -0.25) is 13.7 Å². The normalized spacial score (nSPS) is 13.0. The molecule has 0 saturated carbocycles. The van der Waals surface area contributed by atoms with Crippen LogP contribution in [0.4, 0.5) is 39.8 Å². The number of azo groups is 2. The average Bonchev–Trinajstić information content (AvgIpc) is 3.29. The van der Waals surface area contributed by atoms with Gasteiger partial charge in [-0.15, -0.1) is 15.3 Å². The minimum atomic E-state index is -5.87. The van der Waals surface area contributed by atoms with Gasteiger partial charge in [-0.05, 0) is 78.0 Å². The second-order valence-corrected chi connectivity index (χ2v) is 25.2. The smallest absolute Gasteiger partial charge is 0.870 e. The van der Waals surface area contributed by atoms with Gasteiger partial charge in [-0.1, -0.05) is 30.9 Å². The van der Waals surface area contributed by atoms with E-state index in [4.69, 9.17) is 10.3 Å². The van der Waals surface area contributed by atoms with Gasteiger partial charge < -0.3 is 34.0 Å². The van der Waals surface area contributed by atoms with Crippen molar-refractivity contribution in [2.45, 2.75) is 38.1 Å². The summed E-state index contributed by atoms with van der Waals surface area (Å²) in [6, 6.07) is 13.2. The van der Waals surface area contributed by atoms with Crippen molar-refractivity contribution in [2.24, 2.45) is 30.4 Å². The van der Waals surface area contributed by atoms with Gasteiger partial charge in [0, 0.05) is 5.39 Å². The van der Waals surface area contributed by atoms with E-state index >= 15 is 0 Å². The molecular formula is C37H31N10Na5O22S7. The predicted octanol–water partition coefficient (Wildman–Crippen LogP) is -14.0. The van der Waals surface area contributed by atoms with Crippen molar-refractivity contribution >= 4 is 121 Å². The third kappa shape index (κ3) is 21.2. The molecule has 0 aliphatic carbocycles. The third-order valence-electron chi connectivity index (χ3n) is 9.73. The van der Waals surface area contributed by atoms with Crippen LogP contribution in [-0.2, 0) is 85.6 Å². The van der Waals surface area contributed by atoms with Crippen LogP contribution in [0.15, 0.2) is 134 Å². The maximum absolute atomic E-state index is 14.1. The first-order chi connectivity index (χ1) is 35.1. The Bertz CT molecular complexity index is 4390. The van der Waals surface area contributed by atoms with Crippen LogP contribution in [0.1, 0.15) is 12.5 Å². The van der Waals surface area contributed by atoms with Crippen molar-refractivity contribution in [3.63, 3.8) is 0 Å². The number of fused-ring (bicyclic) bond motifs is 1. The van der Waals surface area contributed by atoms with Gasteiger partial charge in [0.2, 0.25) is 36.6 Å². The molecule has 0 saturated heterocycles. The number of hydrogen-bond acceptors (Lipinski definition) is 29. The van der Waals surface area contributed by atoms with Crippen LogP contribution in [0.5, 0.6) is 5.75 Å². The van der Waals surface area contributed by atoms with Gasteiger partial charge >= 0.3 is 158 Å². The number of benzene rings is 5. The van der Waals surface area contributed by atoms with Gasteiger partial charge in [-0.25, -0.2) is 64.7 Å². The van der Waals surface area contributed by atoms with Crippen LogP contribution in [0.2, 0.25) is 0 Å². The average molecular weight is 1310 g/mol. The summed E-state index contributed by atoms with van der Waals surface area (Å²) in [7, 11) is -36.4. The zero-order valence-electron chi connectivity index (χ0n) is 42.6. The van der Waals surface area contributed by atoms with Gasteiger partial charge in [-0.2, -0.15) is 18.5 Å². The van der Waals surface area contributed by atoms with Crippen molar-refractivity contribution in [1.29, 1.82) is 0 Å². The Morgan fingerprint density at radius 3 is 1.68 bits per heavy atom. The summed E-state index contributed by atoms with van der Waals surface area (Å²) in [4.78, 5) is 12.7. The topological polar surface area (TPSA) is 538 Å². The van der Waals surface area contributed by atoms with E-state index in [1.165, 1.54) is 0 Å². The number of sulfone groups is 2.